The van der Waals surface area contributed by atoms with E-state index < -0.39 is 12.0 Å². The van der Waals surface area contributed by atoms with E-state index in [-0.39, 0.29) is 17.9 Å². The summed E-state index contributed by atoms with van der Waals surface area (Å²) >= 11 is 6.10. The standard InChI is InChI=1S/C21H20ClN3O3/c1-28-16-8-6-13(7-9-16)18-17-19(24-11-3-10-23(18)24)21(27)25(20(17)26)15-5-2-4-14(22)12-15/h2,4-9,12,17-19H,3,10-11H2,1H3/t17-,18+,19-/m0/s1. The second-order valence-electron chi connectivity index (χ2n) is 7.36. The minimum absolute atomic E-state index is 0.154. The van der Waals surface area contributed by atoms with Crippen LogP contribution in [0.3, 0.4) is 0 Å². The van der Waals surface area contributed by atoms with E-state index in [2.05, 4.69) is 10.0 Å². The molecule has 3 fully saturated rings. The number of carbonyl (C=O) groups is 2. The fourth-order valence-electron chi connectivity index (χ4n) is 4.78. The number of anilines is 1. The van der Waals surface area contributed by atoms with E-state index >= 15 is 0 Å². The van der Waals surface area contributed by atoms with E-state index in [1.54, 1.807) is 31.4 Å². The van der Waals surface area contributed by atoms with Gasteiger partial charge >= 0.3 is 0 Å². The third kappa shape index (κ3) is 2.49. The van der Waals surface area contributed by atoms with Crippen molar-refractivity contribution in [3.05, 3.63) is 59.1 Å². The number of amides is 2. The van der Waals surface area contributed by atoms with Gasteiger partial charge in [-0.05, 0) is 42.3 Å². The second-order valence-corrected chi connectivity index (χ2v) is 7.80. The van der Waals surface area contributed by atoms with Gasteiger partial charge in [0.05, 0.1) is 24.8 Å². The predicted octanol–water partition coefficient (Wildman–Crippen LogP) is 2.88. The maximum atomic E-state index is 13.4. The molecular formula is C21H20ClN3O3. The van der Waals surface area contributed by atoms with Crippen molar-refractivity contribution in [3.63, 3.8) is 0 Å². The Morgan fingerprint density at radius 2 is 1.68 bits per heavy atom. The maximum Gasteiger partial charge on any atom is 0.253 e. The Bertz CT molecular complexity index is 948. The normalized spacial score (nSPS) is 27.4. The van der Waals surface area contributed by atoms with Crippen LogP contribution >= 0.6 is 11.6 Å². The predicted molar refractivity (Wildman–Crippen MR) is 105 cm³/mol. The lowest BCUT2D eigenvalue weighted by Gasteiger charge is -2.29. The monoisotopic (exact) mass is 397 g/mol. The number of methoxy groups -OCH3 is 1. The molecule has 2 aromatic rings. The molecule has 0 unspecified atom stereocenters. The number of imide groups is 1. The van der Waals surface area contributed by atoms with Gasteiger partial charge < -0.3 is 4.74 Å². The van der Waals surface area contributed by atoms with Crippen LogP contribution in [0.15, 0.2) is 48.5 Å². The zero-order valence-corrected chi connectivity index (χ0v) is 16.2. The summed E-state index contributed by atoms with van der Waals surface area (Å²) in [4.78, 5) is 28.0. The highest BCUT2D eigenvalue weighted by molar-refractivity contribution is 6.31. The first kappa shape index (κ1) is 17.7. The summed E-state index contributed by atoms with van der Waals surface area (Å²) in [6.45, 7) is 1.64. The van der Waals surface area contributed by atoms with Gasteiger partial charge in [0.25, 0.3) is 5.91 Å². The van der Waals surface area contributed by atoms with Crippen molar-refractivity contribution in [2.75, 3.05) is 25.1 Å². The van der Waals surface area contributed by atoms with Gasteiger partial charge in [-0.3, -0.25) is 9.59 Å². The van der Waals surface area contributed by atoms with Gasteiger partial charge in [0.15, 0.2) is 0 Å². The highest BCUT2D eigenvalue weighted by Gasteiger charge is 2.62. The Kier molecular flexibility index (Phi) is 4.16. The van der Waals surface area contributed by atoms with E-state index in [9.17, 15) is 9.59 Å². The van der Waals surface area contributed by atoms with Crippen LogP contribution in [0.1, 0.15) is 18.0 Å². The van der Waals surface area contributed by atoms with Crippen molar-refractivity contribution in [2.24, 2.45) is 5.92 Å². The van der Waals surface area contributed by atoms with Gasteiger partial charge in [0, 0.05) is 18.1 Å². The minimum atomic E-state index is -0.457. The lowest BCUT2D eigenvalue weighted by atomic mass is 9.90. The Balaban J connectivity index is 1.56. The van der Waals surface area contributed by atoms with Crippen LogP contribution in [0.25, 0.3) is 0 Å². The third-order valence-corrected chi connectivity index (χ3v) is 6.16. The molecule has 144 valence electrons. The largest absolute Gasteiger partial charge is 0.497 e. The van der Waals surface area contributed by atoms with Gasteiger partial charge in [0.1, 0.15) is 11.8 Å². The number of rotatable bonds is 3. The Morgan fingerprint density at radius 1 is 0.964 bits per heavy atom. The first-order valence-corrected chi connectivity index (χ1v) is 9.78. The molecule has 5 rings (SSSR count). The molecule has 3 aliphatic rings. The summed E-state index contributed by atoms with van der Waals surface area (Å²) in [5.74, 6) is 0.0128. The summed E-state index contributed by atoms with van der Waals surface area (Å²) in [5.41, 5.74) is 1.56. The molecule has 0 aromatic heterocycles. The molecule has 3 heterocycles. The number of benzene rings is 2. The molecule has 0 radical (unpaired) electrons. The van der Waals surface area contributed by atoms with E-state index in [1.165, 1.54) is 4.90 Å². The van der Waals surface area contributed by atoms with Gasteiger partial charge in [-0.25, -0.2) is 14.9 Å². The van der Waals surface area contributed by atoms with Crippen LogP contribution in [0.4, 0.5) is 5.69 Å². The zero-order valence-electron chi connectivity index (χ0n) is 15.4. The summed E-state index contributed by atoms with van der Waals surface area (Å²) in [6.07, 6.45) is 0.981. The number of hydrazine groups is 1. The van der Waals surface area contributed by atoms with Gasteiger partial charge in [-0.15, -0.1) is 0 Å². The minimum Gasteiger partial charge on any atom is -0.497 e. The summed E-state index contributed by atoms with van der Waals surface area (Å²) in [7, 11) is 1.63. The quantitative estimate of drug-likeness (QED) is 0.745. The molecular weight excluding hydrogens is 378 g/mol. The number of carbonyl (C=O) groups excluding carboxylic acids is 2. The van der Waals surface area contributed by atoms with Gasteiger partial charge in [-0.1, -0.05) is 29.8 Å². The van der Waals surface area contributed by atoms with Crippen LogP contribution in [0.5, 0.6) is 5.75 Å². The highest BCUT2D eigenvalue weighted by atomic mass is 35.5. The first-order valence-electron chi connectivity index (χ1n) is 9.40. The average Bonchev–Trinajstić information content (AvgIpc) is 3.34. The Labute approximate surface area is 168 Å². The van der Waals surface area contributed by atoms with E-state index in [4.69, 9.17) is 16.3 Å². The SMILES string of the molecule is COc1ccc([C@@H]2[C@@H]3C(=O)N(c4cccc(Cl)c4)C(=O)[C@H]3N3CCCN23)cc1. The zero-order chi connectivity index (χ0) is 19.4. The van der Waals surface area contributed by atoms with Gasteiger partial charge in [0.2, 0.25) is 5.91 Å². The van der Waals surface area contributed by atoms with Crippen molar-refractivity contribution < 1.29 is 14.3 Å². The van der Waals surface area contributed by atoms with Crippen molar-refractivity contribution in [1.29, 1.82) is 0 Å². The number of halogens is 1. The average molecular weight is 398 g/mol. The number of nitrogens with zero attached hydrogens (tertiary/aromatic N) is 3. The van der Waals surface area contributed by atoms with Crippen LogP contribution in [-0.4, -0.2) is 48.1 Å². The van der Waals surface area contributed by atoms with Crippen molar-refractivity contribution in [1.82, 2.24) is 10.0 Å². The van der Waals surface area contributed by atoms with Crippen molar-refractivity contribution >= 4 is 29.1 Å². The summed E-state index contributed by atoms with van der Waals surface area (Å²) in [5, 5.41) is 4.79. The number of ether oxygens (including phenoxy) is 1. The summed E-state index contributed by atoms with van der Waals surface area (Å²) < 4.78 is 5.26. The molecule has 3 atom stereocenters. The molecule has 0 N–H and O–H groups in total. The molecule has 0 aliphatic carbocycles. The molecule has 3 saturated heterocycles. The molecule has 3 aliphatic heterocycles. The molecule has 0 saturated carbocycles. The molecule has 6 nitrogen and oxygen atoms in total. The molecule has 28 heavy (non-hydrogen) atoms. The fraction of sp³-hybridized carbons (Fsp3) is 0.333. The highest BCUT2D eigenvalue weighted by Crippen LogP contribution is 2.49. The van der Waals surface area contributed by atoms with Gasteiger partial charge in [-0.2, -0.15) is 0 Å². The van der Waals surface area contributed by atoms with Crippen molar-refractivity contribution in [2.45, 2.75) is 18.5 Å². The van der Waals surface area contributed by atoms with Crippen LogP contribution in [-0.2, 0) is 9.59 Å². The second kappa shape index (κ2) is 6.58. The molecule has 2 amide bonds. The Hall–Kier alpha value is -2.41. The molecule has 0 bridgehead atoms. The lowest BCUT2D eigenvalue weighted by molar-refractivity contribution is -0.126. The lowest BCUT2D eigenvalue weighted by Crippen LogP contribution is -2.44. The van der Waals surface area contributed by atoms with Crippen molar-refractivity contribution in [3.8, 4) is 5.75 Å². The third-order valence-electron chi connectivity index (χ3n) is 5.93. The Morgan fingerprint density at radius 3 is 2.36 bits per heavy atom. The van der Waals surface area contributed by atoms with E-state index in [0.717, 1.165) is 30.8 Å². The number of fused-ring (bicyclic) bond motifs is 3. The maximum absolute atomic E-state index is 13.4. The first-order chi connectivity index (χ1) is 13.6. The van der Waals surface area contributed by atoms with E-state index in [0.29, 0.717) is 10.7 Å². The summed E-state index contributed by atoms with van der Waals surface area (Å²) in [6, 6.07) is 14.1. The molecule has 2 aromatic carbocycles. The van der Waals surface area contributed by atoms with Crippen LogP contribution in [0.2, 0.25) is 5.02 Å². The number of hydrogen-bond donors (Lipinski definition) is 0. The molecule has 0 spiro atoms. The topological polar surface area (TPSA) is 53.1 Å². The number of hydrogen-bond acceptors (Lipinski definition) is 5. The smallest absolute Gasteiger partial charge is 0.253 e. The van der Waals surface area contributed by atoms with E-state index in [1.807, 2.05) is 24.3 Å². The van der Waals surface area contributed by atoms with Crippen LogP contribution in [0, 0.1) is 5.92 Å². The molecule has 7 heteroatoms. The van der Waals surface area contributed by atoms with Crippen LogP contribution < -0.4 is 9.64 Å². The fourth-order valence-corrected chi connectivity index (χ4v) is 4.97.